The summed E-state index contributed by atoms with van der Waals surface area (Å²) in [6, 6.07) is 0.211. The van der Waals surface area contributed by atoms with E-state index < -0.39 is 0 Å². The zero-order valence-electron chi connectivity index (χ0n) is 10.8. The number of nitrogens with two attached hydrogens (primary N) is 1. The van der Waals surface area contributed by atoms with E-state index in [0.29, 0.717) is 26.4 Å². The van der Waals surface area contributed by atoms with Crippen molar-refractivity contribution in [3.05, 3.63) is 0 Å². The monoisotopic (exact) mass is 234 g/mol. The maximum atomic E-state index is 5.68. The Labute approximate surface area is 98.8 Å². The average molecular weight is 234 g/mol. The van der Waals surface area contributed by atoms with Gasteiger partial charge in [-0.1, -0.05) is 0 Å². The fourth-order valence-corrected chi connectivity index (χ4v) is 1.27. The summed E-state index contributed by atoms with van der Waals surface area (Å²) < 4.78 is 15.5. The molecule has 0 aromatic heterocycles. The van der Waals surface area contributed by atoms with Crippen molar-refractivity contribution in [2.75, 3.05) is 60.3 Å². The predicted molar refractivity (Wildman–Crippen MR) is 64.7 cm³/mol. The molecule has 0 aromatic carbocycles. The number of nitrogens with zero attached hydrogens (tertiary/aromatic N) is 1. The third kappa shape index (κ3) is 11.9. The molecule has 0 aromatic rings. The molecule has 5 heteroatoms. The van der Waals surface area contributed by atoms with Gasteiger partial charge >= 0.3 is 0 Å². The highest BCUT2D eigenvalue weighted by atomic mass is 16.5. The van der Waals surface area contributed by atoms with Gasteiger partial charge in [-0.05, 0) is 14.0 Å². The number of ether oxygens (including phenoxy) is 3. The van der Waals surface area contributed by atoms with Gasteiger partial charge in [-0.15, -0.1) is 0 Å². The van der Waals surface area contributed by atoms with Gasteiger partial charge in [0.05, 0.1) is 33.0 Å². The first-order valence-corrected chi connectivity index (χ1v) is 5.75. The number of methoxy groups -OCH3 is 1. The van der Waals surface area contributed by atoms with Crippen LogP contribution in [-0.2, 0) is 14.2 Å². The Morgan fingerprint density at radius 3 is 2.19 bits per heavy atom. The molecule has 0 amide bonds. The lowest BCUT2D eigenvalue weighted by Crippen LogP contribution is -2.34. The van der Waals surface area contributed by atoms with Gasteiger partial charge in [-0.3, -0.25) is 0 Å². The Morgan fingerprint density at radius 1 is 1.06 bits per heavy atom. The van der Waals surface area contributed by atoms with Crippen LogP contribution in [0.15, 0.2) is 0 Å². The van der Waals surface area contributed by atoms with Gasteiger partial charge in [0.2, 0.25) is 0 Å². The fourth-order valence-electron chi connectivity index (χ4n) is 1.27. The van der Waals surface area contributed by atoms with Gasteiger partial charge in [0, 0.05) is 26.2 Å². The standard InChI is InChI=1S/C11H26N2O3/c1-11(12)10-13(2)4-5-15-8-9-16-7-6-14-3/h11H,4-10,12H2,1-3H3. The molecule has 1 unspecified atom stereocenters. The molecule has 0 fully saturated rings. The van der Waals surface area contributed by atoms with Crippen molar-refractivity contribution >= 4 is 0 Å². The van der Waals surface area contributed by atoms with Crippen LogP contribution in [0.4, 0.5) is 0 Å². The van der Waals surface area contributed by atoms with Gasteiger partial charge in [-0.25, -0.2) is 0 Å². The van der Waals surface area contributed by atoms with Gasteiger partial charge in [0.1, 0.15) is 0 Å². The van der Waals surface area contributed by atoms with Crippen molar-refractivity contribution in [3.63, 3.8) is 0 Å². The van der Waals surface area contributed by atoms with Gasteiger partial charge in [0.25, 0.3) is 0 Å². The molecule has 0 heterocycles. The second kappa shape index (κ2) is 11.3. The minimum Gasteiger partial charge on any atom is -0.382 e. The van der Waals surface area contributed by atoms with Crippen LogP contribution in [0, 0.1) is 0 Å². The van der Waals surface area contributed by atoms with E-state index in [2.05, 4.69) is 4.90 Å². The molecule has 0 radical (unpaired) electrons. The highest BCUT2D eigenvalue weighted by molar-refractivity contribution is 4.59. The van der Waals surface area contributed by atoms with Crippen molar-refractivity contribution in [1.29, 1.82) is 0 Å². The van der Waals surface area contributed by atoms with Crippen molar-refractivity contribution in [3.8, 4) is 0 Å². The number of rotatable bonds is 11. The largest absolute Gasteiger partial charge is 0.382 e. The lowest BCUT2D eigenvalue weighted by molar-refractivity contribution is 0.0207. The number of hydrogen-bond donors (Lipinski definition) is 1. The van der Waals surface area contributed by atoms with E-state index in [1.165, 1.54) is 0 Å². The normalized spacial score (nSPS) is 13.3. The van der Waals surface area contributed by atoms with Crippen LogP contribution in [0.25, 0.3) is 0 Å². The van der Waals surface area contributed by atoms with Crippen LogP contribution in [0.1, 0.15) is 6.92 Å². The summed E-state index contributed by atoms with van der Waals surface area (Å²) in [5.41, 5.74) is 5.68. The van der Waals surface area contributed by atoms with E-state index in [1.54, 1.807) is 7.11 Å². The third-order valence-electron chi connectivity index (χ3n) is 2.02. The van der Waals surface area contributed by atoms with Crippen molar-refractivity contribution < 1.29 is 14.2 Å². The topological polar surface area (TPSA) is 57.0 Å². The number of hydrogen-bond acceptors (Lipinski definition) is 5. The first-order chi connectivity index (χ1) is 7.66. The fraction of sp³-hybridized carbons (Fsp3) is 1.00. The van der Waals surface area contributed by atoms with E-state index in [1.807, 2.05) is 14.0 Å². The smallest absolute Gasteiger partial charge is 0.0701 e. The van der Waals surface area contributed by atoms with Crippen LogP contribution < -0.4 is 5.73 Å². The van der Waals surface area contributed by atoms with E-state index in [-0.39, 0.29) is 6.04 Å². The minimum atomic E-state index is 0.211. The summed E-state index contributed by atoms with van der Waals surface area (Å²) in [6.45, 7) is 7.04. The lowest BCUT2D eigenvalue weighted by atomic mass is 10.3. The molecule has 0 aliphatic rings. The van der Waals surface area contributed by atoms with Gasteiger partial charge in [0.15, 0.2) is 0 Å². The molecule has 0 aliphatic heterocycles. The average Bonchev–Trinajstić information content (AvgIpc) is 2.21. The van der Waals surface area contributed by atoms with Crippen LogP contribution in [0.3, 0.4) is 0 Å². The Morgan fingerprint density at radius 2 is 1.62 bits per heavy atom. The summed E-state index contributed by atoms with van der Waals surface area (Å²) >= 11 is 0. The van der Waals surface area contributed by atoms with Crippen molar-refractivity contribution in [2.24, 2.45) is 5.73 Å². The molecule has 1 atom stereocenters. The summed E-state index contributed by atoms with van der Waals surface area (Å²) in [5.74, 6) is 0. The zero-order valence-corrected chi connectivity index (χ0v) is 10.8. The van der Waals surface area contributed by atoms with Crippen LogP contribution in [0.5, 0.6) is 0 Å². The second-order valence-electron chi connectivity index (χ2n) is 3.96. The van der Waals surface area contributed by atoms with Gasteiger partial charge in [-0.2, -0.15) is 0 Å². The molecule has 0 saturated heterocycles. The summed E-state index contributed by atoms with van der Waals surface area (Å²) in [6.07, 6.45) is 0. The van der Waals surface area contributed by atoms with Gasteiger partial charge < -0.3 is 24.8 Å². The molecule has 0 aliphatic carbocycles. The third-order valence-corrected chi connectivity index (χ3v) is 2.02. The Hall–Kier alpha value is -0.200. The van der Waals surface area contributed by atoms with E-state index >= 15 is 0 Å². The quantitative estimate of drug-likeness (QED) is 0.508. The van der Waals surface area contributed by atoms with Crippen LogP contribution >= 0.6 is 0 Å². The lowest BCUT2D eigenvalue weighted by Gasteiger charge is -2.18. The second-order valence-corrected chi connectivity index (χ2v) is 3.96. The molecule has 98 valence electrons. The predicted octanol–water partition coefficient (Wildman–Crippen LogP) is -0.0550. The van der Waals surface area contributed by atoms with E-state index in [0.717, 1.165) is 19.7 Å². The first-order valence-electron chi connectivity index (χ1n) is 5.75. The zero-order chi connectivity index (χ0) is 12.2. The highest BCUT2D eigenvalue weighted by Crippen LogP contribution is 1.87. The Bertz CT molecular complexity index is 145. The SMILES string of the molecule is COCCOCCOCCN(C)CC(C)N. The van der Waals surface area contributed by atoms with Crippen LogP contribution in [-0.4, -0.2) is 71.2 Å². The summed E-state index contributed by atoms with van der Waals surface area (Å²) in [5, 5.41) is 0. The molecular formula is C11H26N2O3. The molecule has 0 spiro atoms. The van der Waals surface area contributed by atoms with Crippen molar-refractivity contribution in [1.82, 2.24) is 4.90 Å². The van der Waals surface area contributed by atoms with Crippen molar-refractivity contribution in [2.45, 2.75) is 13.0 Å². The van der Waals surface area contributed by atoms with Crippen LogP contribution in [0.2, 0.25) is 0 Å². The van der Waals surface area contributed by atoms with E-state index in [9.17, 15) is 0 Å². The molecule has 0 saturated carbocycles. The maximum Gasteiger partial charge on any atom is 0.0701 e. The highest BCUT2D eigenvalue weighted by Gasteiger charge is 2.00. The summed E-state index contributed by atoms with van der Waals surface area (Å²) in [4.78, 5) is 2.16. The molecule has 0 rings (SSSR count). The Balaban J connectivity index is 3.08. The van der Waals surface area contributed by atoms with E-state index in [4.69, 9.17) is 19.9 Å². The molecule has 0 bridgehead atoms. The Kier molecular flexibility index (Phi) is 11.1. The summed E-state index contributed by atoms with van der Waals surface area (Å²) in [7, 11) is 3.70. The number of likely N-dealkylation sites (N-methyl/N-ethyl adjacent to an activating group) is 1. The first kappa shape index (κ1) is 15.8. The minimum absolute atomic E-state index is 0.211. The maximum absolute atomic E-state index is 5.68. The molecule has 5 nitrogen and oxygen atoms in total. The molecule has 2 N–H and O–H groups in total. The molecule has 16 heavy (non-hydrogen) atoms. The molecular weight excluding hydrogens is 208 g/mol.